The third-order valence-corrected chi connectivity index (χ3v) is 9.59. The van der Waals surface area contributed by atoms with Gasteiger partial charge in [0.05, 0.1) is 62.4 Å². The van der Waals surface area contributed by atoms with Gasteiger partial charge in [-0.3, -0.25) is 8.63 Å². The highest BCUT2D eigenvalue weighted by Crippen LogP contribution is 2.49. The summed E-state index contributed by atoms with van der Waals surface area (Å²) in [6.07, 6.45) is 0. The highest BCUT2D eigenvalue weighted by atomic mass is 19.2. The molecule has 0 fully saturated rings. The number of hydrogen-bond donors (Lipinski definition) is 0. The first-order chi connectivity index (χ1) is 27.3. The van der Waals surface area contributed by atoms with E-state index in [2.05, 4.69) is 12.1 Å². The number of aromatic nitrogens is 1. The average Bonchev–Trinajstić information content (AvgIpc) is 3.81. The summed E-state index contributed by atoms with van der Waals surface area (Å²) in [7, 11) is 3.04. The molecule has 5 aromatic carbocycles. The van der Waals surface area contributed by atoms with E-state index in [-0.39, 0.29) is 39.4 Å². The quantitative estimate of drug-likeness (QED) is 0.123. The van der Waals surface area contributed by atoms with Crippen LogP contribution in [0.25, 0.3) is 33.5 Å². The lowest BCUT2D eigenvalue weighted by Gasteiger charge is -2.19. The molecule has 0 saturated carbocycles. The van der Waals surface area contributed by atoms with Gasteiger partial charge < -0.3 is 23.4 Å². The van der Waals surface area contributed by atoms with Gasteiger partial charge in [0, 0.05) is 22.3 Å². The minimum absolute atomic E-state index is 0.00726. The van der Waals surface area contributed by atoms with E-state index in [9.17, 15) is 10.5 Å². The van der Waals surface area contributed by atoms with Gasteiger partial charge in [0.2, 0.25) is 0 Å². The maximum atomic E-state index is 16.2. The highest BCUT2D eigenvalue weighted by Gasteiger charge is 2.38. The maximum Gasteiger partial charge on any atom is 0.678 e. The fraction of sp³-hybridized carbons (Fsp3) is 0.0889. The Morgan fingerprint density at radius 1 is 0.589 bits per heavy atom. The third kappa shape index (κ3) is 6.67. The predicted molar refractivity (Wildman–Crippen MR) is 214 cm³/mol. The lowest BCUT2D eigenvalue weighted by molar-refractivity contribution is 0.414. The van der Waals surface area contributed by atoms with Crippen molar-refractivity contribution in [1.82, 2.24) is 4.48 Å². The number of aliphatic imine (C=N–C) groups is 1. The number of allylic oxidation sites excluding steroid dienone is 2. The van der Waals surface area contributed by atoms with Crippen molar-refractivity contribution < 1.29 is 27.6 Å². The van der Waals surface area contributed by atoms with Crippen LogP contribution in [0, 0.1) is 22.7 Å². The second-order valence-electron chi connectivity index (χ2n) is 12.5. The van der Waals surface area contributed by atoms with E-state index < -0.39 is 7.40 Å². The molecule has 0 amide bonds. The zero-order valence-corrected chi connectivity index (χ0v) is 30.9. The van der Waals surface area contributed by atoms with Crippen molar-refractivity contribution in [2.75, 3.05) is 28.4 Å². The molecule has 1 aliphatic rings. The van der Waals surface area contributed by atoms with E-state index >= 15 is 8.63 Å². The fourth-order valence-corrected chi connectivity index (χ4v) is 6.95. The Hall–Kier alpha value is -7.37. The van der Waals surface area contributed by atoms with Gasteiger partial charge in [-0.1, -0.05) is 54.6 Å². The highest BCUT2D eigenvalue weighted by molar-refractivity contribution is 6.43. The summed E-state index contributed by atoms with van der Waals surface area (Å²) in [6.45, 7) is 0. The van der Waals surface area contributed by atoms with E-state index in [1.807, 2.05) is 6.07 Å². The van der Waals surface area contributed by atoms with E-state index in [1.54, 1.807) is 136 Å². The largest absolute Gasteiger partial charge is 0.678 e. The van der Waals surface area contributed by atoms with Crippen molar-refractivity contribution >= 4 is 24.3 Å². The Balaban J connectivity index is 1.69. The molecule has 2 heterocycles. The van der Waals surface area contributed by atoms with Crippen LogP contribution < -0.4 is 18.9 Å². The number of rotatable bonds is 11. The molecule has 0 N–H and O–H groups in total. The van der Waals surface area contributed by atoms with Crippen LogP contribution in [0.4, 0.5) is 8.63 Å². The minimum Gasteiger partial charge on any atom is -0.497 e. The van der Waals surface area contributed by atoms with Crippen LogP contribution in [0.5, 0.6) is 23.0 Å². The monoisotopic (exact) mass is 742 g/mol. The van der Waals surface area contributed by atoms with Gasteiger partial charge in [0.25, 0.3) is 0 Å². The first kappa shape index (κ1) is 37.0. The molecular weight excluding hydrogens is 709 g/mol. The summed E-state index contributed by atoms with van der Waals surface area (Å²) in [6, 6.07) is 41.5. The molecule has 6 aromatic rings. The summed E-state index contributed by atoms with van der Waals surface area (Å²) in [5, 5.41) is 21.9. The average molecular weight is 743 g/mol. The number of methoxy groups -OCH3 is 4. The van der Waals surface area contributed by atoms with Crippen LogP contribution in [-0.2, 0) is 0 Å². The molecule has 56 heavy (non-hydrogen) atoms. The lowest BCUT2D eigenvalue weighted by Crippen LogP contribution is -2.18. The molecule has 0 atom stereocenters. The molecule has 274 valence electrons. The molecule has 0 radical (unpaired) electrons. The maximum absolute atomic E-state index is 16.2. The molecule has 11 heteroatoms. The van der Waals surface area contributed by atoms with Crippen LogP contribution >= 0.6 is 0 Å². The van der Waals surface area contributed by atoms with Crippen molar-refractivity contribution in [3.05, 3.63) is 167 Å². The molecule has 1 aliphatic heterocycles. The van der Waals surface area contributed by atoms with Crippen molar-refractivity contribution in [3.63, 3.8) is 0 Å². The van der Waals surface area contributed by atoms with Crippen LogP contribution in [0.2, 0.25) is 0 Å². The minimum atomic E-state index is -3.13. The van der Waals surface area contributed by atoms with Gasteiger partial charge in [0.15, 0.2) is 0 Å². The SMILES string of the molecule is COc1ccc(C2=N/C(=C(/c3ccccc3)c3c(-c4ccc(OC)cc4)c(C#N)c(-c4ccc(OC)cc4)n3B(F)F)C(c3ccc(OC)cc3)=C2C#N)cc1. The first-order valence-electron chi connectivity index (χ1n) is 17.4. The summed E-state index contributed by atoms with van der Waals surface area (Å²) in [4.78, 5) is 5.19. The van der Waals surface area contributed by atoms with Gasteiger partial charge in [-0.25, -0.2) is 4.99 Å². The lowest BCUT2D eigenvalue weighted by atomic mass is 9.88. The molecule has 0 spiro atoms. The Morgan fingerprint density at radius 3 is 1.50 bits per heavy atom. The molecule has 0 aliphatic carbocycles. The molecule has 0 unspecified atom stereocenters. The zero-order valence-electron chi connectivity index (χ0n) is 30.9. The van der Waals surface area contributed by atoms with Crippen LogP contribution in [0.1, 0.15) is 27.9 Å². The number of nitriles is 2. The Bertz CT molecular complexity index is 2580. The number of benzene rings is 5. The van der Waals surface area contributed by atoms with E-state index in [4.69, 9.17) is 23.9 Å². The number of halogens is 2. The van der Waals surface area contributed by atoms with Crippen molar-refractivity contribution in [1.29, 1.82) is 10.5 Å². The van der Waals surface area contributed by atoms with Crippen molar-refractivity contribution in [2.45, 2.75) is 0 Å². The van der Waals surface area contributed by atoms with Crippen LogP contribution in [0.15, 0.2) is 144 Å². The summed E-state index contributed by atoms with van der Waals surface area (Å²) in [5.74, 6) is 2.27. The second kappa shape index (κ2) is 15.9. The van der Waals surface area contributed by atoms with E-state index in [1.165, 1.54) is 14.2 Å². The molecule has 8 nitrogen and oxygen atoms in total. The zero-order chi connectivity index (χ0) is 39.3. The first-order valence-corrected chi connectivity index (χ1v) is 17.4. The molecule has 0 bridgehead atoms. The van der Waals surface area contributed by atoms with Gasteiger partial charge in [0.1, 0.15) is 35.1 Å². The summed E-state index contributed by atoms with van der Waals surface area (Å²) in [5.41, 5.74) is 4.52. The number of nitrogens with zero attached hydrogens (tertiary/aromatic N) is 4. The van der Waals surface area contributed by atoms with Gasteiger partial charge in [-0.05, 0) is 95.1 Å². The Morgan fingerprint density at radius 2 is 1.05 bits per heavy atom. The molecule has 0 saturated heterocycles. The number of ether oxygens (including phenoxy) is 4. The topological polar surface area (TPSA) is 102 Å². The van der Waals surface area contributed by atoms with E-state index in [0.717, 1.165) is 4.48 Å². The predicted octanol–water partition coefficient (Wildman–Crippen LogP) is 9.74. The third-order valence-electron chi connectivity index (χ3n) is 9.59. The fourth-order valence-electron chi connectivity index (χ4n) is 6.95. The van der Waals surface area contributed by atoms with Crippen LogP contribution in [0.3, 0.4) is 0 Å². The second-order valence-corrected chi connectivity index (χ2v) is 12.5. The van der Waals surface area contributed by atoms with Crippen LogP contribution in [-0.4, -0.2) is 46.0 Å². The molecule has 1 aromatic heterocycles. The Kier molecular flexibility index (Phi) is 10.5. The van der Waals surface area contributed by atoms with Gasteiger partial charge in [-0.15, -0.1) is 0 Å². The number of hydrogen-bond acceptors (Lipinski definition) is 7. The standard InChI is InChI=1S/C45H33BF2N4O4/c1-53-33-18-10-29(11-19-33)39-37(26-49)42(31-14-22-35(55-3)23-15-31)51-43(39)41(28-8-6-5-7-9-28)45-40(30-12-20-34(54-2)21-13-30)38(27-50)44(52(45)46(47)48)32-16-24-36(56-4)25-17-32/h5-25H,1-4H3/b43-41-. The van der Waals surface area contributed by atoms with Gasteiger partial charge >= 0.3 is 7.40 Å². The van der Waals surface area contributed by atoms with Crippen molar-refractivity contribution in [2.24, 2.45) is 4.99 Å². The smallest absolute Gasteiger partial charge is 0.497 e. The molecule has 7 rings (SSSR count). The van der Waals surface area contributed by atoms with Gasteiger partial charge in [-0.2, -0.15) is 10.5 Å². The normalized spacial score (nSPS) is 13.0. The summed E-state index contributed by atoms with van der Waals surface area (Å²) < 4.78 is 54.9. The summed E-state index contributed by atoms with van der Waals surface area (Å²) >= 11 is 0. The Labute approximate surface area is 323 Å². The van der Waals surface area contributed by atoms with Crippen molar-refractivity contribution in [3.8, 4) is 57.5 Å². The molecular formula is C45H33BF2N4O4. The van der Waals surface area contributed by atoms with E-state index in [0.29, 0.717) is 62.1 Å².